The van der Waals surface area contributed by atoms with Crippen LogP contribution >= 0.6 is 0 Å². The van der Waals surface area contributed by atoms with Crippen molar-refractivity contribution < 1.29 is 14.3 Å². The molecule has 2 unspecified atom stereocenters. The number of benzene rings is 1. The first-order chi connectivity index (χ1) is 16.7. The molecule has 176 valence electrons. The molecule has 2 atom stereocenters. The van der Waals surface area contributed by atoms with E-state index in [1.54, 1.807) is 13.1 Å². The van der Waals surface area contributed by atoms with Crippen molar-refractivity contribution in [2.24, 2.45) is 0 Å². The van der Waals surface area contributed by atoms with Crippen LogP contribution in [-0.2, 0) is 9.47 Å². The molecule has 3 fully saturated rings. The van der Waals surface area contributed by atoms with Gasteiger partial charge >= 0.3 is 0 Å². The lowest BCUT2D eigenvalue weighted by Crippen LogP contribution is -2.44. The Kier molecular flexibility index (Phi) is 5.50. The molecule has 2 aromatic heterocycles. The van der Waals surface area contributed by atoms with Crippen molar-refractivity contribution >= 4 is 28.7 Å². The van der Waals surface area contributed by atoms with E-state index in [2.05, 4.69) is 15.1 Å². The van der Waals surface area contributed by atoms with Crippen molar-refractivity contribution in [3.63, 3.8) is 0 Å². The molecule has 34 heavy (non-hydrogen) atoms. The Bertz CT molecular complexity index is 1220. The Balaban J connectivity index is 1.44. The van der Waals surface area contributed by atoms with Gasteiger partial charge in [-0.2, -0.15) is 9.97 Å². The SMILES string of the molecule is CNC(=O)c1cccc(-c2ccc3c(N4CCOCC4)nc(N4CC5CCC(C4)O5)nc3n2)c1. The topological polar surface area (TPSA) is 92.7 Å². The van der Waals surface area contributed by atoms with Crippen LogP contribution < -0.4 is 15.1 Å². The van der Waals surface area contributed by atoms with E-state index < -0.39 is 0 Å². The maximum Gasteiger partial charge on any atom is 0.251 e. The van der Waals surface area contributed by atoms with E-state index in [9.17, 15) is 4.79 Å². The van der Waals surface area contributed by atoms with Gasteiger partial charge in [-0.15, -0.1) is 0 Å². The van der Waals surface area contributed by atoms with Crippen LogP contribution in [0.5, 0.6) is 0 Å². The third-order valence-corrected chi connectivity index (χ3v) is 6.81. The van der Waals surface area contributed by atoms with Crippen molar-refractivity contribution in [3.05, 3.63) is 42.0 Å². The Morgan fingerprint density at radius 1 is 1.00 bits per heavy atom. The number of carbonyl (C=O) groups excluding carboxylic acids is 1. The van der Waals surface area contributed by atoms with Gasteiger partial charge in [-0.1, -0.05) is 12.1 Å². The highest BCUT2D eigenvalue weighted by Crippen LogP contribution is 2.32. The predicted octanol–water partition coefficient (Wildman–Crippen LogP) is 2.26. The fraction of sp³-hybridized carbons (Fsp3) is 0.440. The van der Waals surface area contributed by atoms with Crippen molar-refractivity contribution in [2.75, 3.05) is 56.2 Å². The van der Waals surface area contributed by atoms with Gasteiger partial charge in [-0.05, 0) is 37.1 Å². The fourth-order valence-corrected chi connectivity index (χ4v) is 5.04. The van der Waals surface area contributed by atoms with Crippen molar-refractivity contribution in [1.82, 2.24) is 20.3 Å². The van der Waals surface area contributed by atoms with Gasteiger partial charge in [0.25, 0.3) is 5.91 Å². The molecule has 2 bridgehead atoms. The summed E-state index contributed by atoms with van der Waals surface area (Å²) < 4.78 is 11.6. The lowest BCUT2D eigenvalue weighted by Gasteiger charge is -2.34. The third kappa shape index (κ3) is 3.95. The first kappa shape index (κ1) is 21.2. The van der Waals surface area contributed by atoms with Crippen LogP contribution in [-0.4, -0.2) is 79.5 Å². The van der Waals surface area contributed by atoms with Crippen LogP contribution in [0.15, 0.2) is 36.4 Å². The van der Waals surface area contributed by atoms with E-state index >= 15 is 0 Å². The van der Waals surface area contributed by atoms with E-state index in [0.717, 1.165) is 61.5 Å². The van der Waals surface area contributed by atoms with Gasteiger partial charge in [-0.25, -0.2) is 4.98 Å². The smallest absolute Gasteiger partial charge is 0.251 e. The van der Waals surface area contributed by atoms with Gasteiger partial charge in [0, 0.05) is 44.4 Å². The maximum atomic E-state index is 12.1. The van der Waals surface area contributed by atoms with Gasteiger partial charge in [-0.3, -0.25) is 4.79 Å². The minimum atomic E-state index is -0.121. The Labute approximate surface area is 198 Å². The van der Waals surface area contributed by atoms with Crippen LogP contribution in [0.25, 0.3) is 22.3 Å². The standard InChI is InChI=1S/C25H28N6O3/c1-26-24(32)17-4-2-3-16(13-17)21-8-7-20-22(27-21)28-25(29-23(20)30-9-11-33-12-10-30)31-14-18-5-6-19(15-31)34-18/h2-4,7-8,13,18-19H,5-6,9-12,14-15H2,1H3,(H,26,32). The number of hydrogen-bond acceptors (Lipinski definition) is 8. The first-order valence-corrected chi connectivity index (χ1v) is 11.9. The number of hydrogen-bond donors (Lipinski definition) is 1. The van der Waals surface area contributed by atoms with E-state index in [4.69, 9.17) is 24.4 Å². The number of aromatic nitrogens is 3. The van der Waals surface area contributed by atoms with Gasteiger partial charge in [0.15, 0.2) is 5.65 Å². The number of anilines is 2. The number of rotatable bonds is 4. The number of morpholine rings is 2. The second-order valence-electron chi connectivity index (χ2n) is 9.04. The molecule has 9 nitrogen and oxygen atoms in total. The molecule has 3 aliphatic heterocycles. The van der Waals surface area contributed by atoms with Crippen molar-refractivity contribution in [1.29, 1.82) is 0 Å². The number of nitrogens with zero attached hydrogens (tertiary/aromatic N) is 5. The molecule has 3 aromatic rings. The van der Waals surface area contributed by atoms with Gasteiger partial charge in [0.1, 0.15) is 5.82 Å². The number of ether oxygens (including phenoxy) is 2. The Morgan fingerprint density at radius 3 is 2.56 bits per heavy atom. The minimum Gasteiger partial charge on any atom is -0.378 e. The summed E-state index contributed by atoms with van der Waals surface area (Å²) >= 11 is 0. The number of nitrogens with one attached hydrogen (secondary N) is 1. The van der Waals surface area contributed by atoms with Crippen LogP contribution in [0.4, 0.5) is 11.8 Å². The zero-order valence-corrected chi connectivity index (χ0v) is 19.2. The normalized spacial score (nSPS) is 22.3. The van der Waals surface area contributed by atoms with Crippen LogP contribution in [0.3, 0.4) is 0 Å². The second kappa shape index (κ2) is 8.81. The highest BCUT2D eigenvalue weighted by Gasteiger charge is 2.35. The lowest BCUT2D eigenvalue weighted by molar-refractivity contribution is 0.0299. The molecule has 6 rings (SSSR count). The minimum absolute atomic E-state index is 0.121. The summed E-state index contributed by atoms with van der Waals surface area (Å²) in [5, 5.41) is 3.60. The molecule has 0 saturated carbocycles. The quantitative estimate of drug-likeness (QED) is 0.634. The van der Waals surface area contributed by atoms with E-state index in [1.807, 2.05) is 30.3 Å². The summed E-state index contributed by atoms with van der Waals surface area (Å²) in [6.45, 7) is 4.54. The highest BCUT2D eigenvalue weighted by atomic mass is 16.5. The molecule has 1 N–H and O–H groups in total. The number of amides is 1. The molecule has 0 radical (unpaired) electrons. The van der Waals surface area contributed by atoms with E-state index in [-0.39, 0.29) is 18.1 Å². The first-order valence-electron chi connectivity index (χ1n) is 11.9. The maximum absolute atomic E-state index is 12.1. The van der Waals surface area contributed by atoms with Gasteiger partial charge < -0.3 is 24.6 Å². The molecule has 0 spiro atoms. The summed E-state index contributed by atoms with van der Waals surface area (Å²) in [7, 11) is 1.63. The van der Waals surface area contributed by atoms with Crippen LogP contribution in [0.2, 0.25) is 0 Å². The molecular formula is C25H28N6O3. The van der Waals surface area contributed by atoms with Crippen molar-refractivity contribution in [3.8, 4) is 11.3 Å². The number of carbonyl (C=O) groups is 1. The summed E-state index contributed by atoms with van der Waals surface area (Å²) in [6, 6.07) is 11.5. The molecule has 9 heteroatoms. The van der Waals surface area contributed by atoms with Gasteiger partial charge in [0.05, 0.1) is 36.5 Å². The zero-order valence-electron chi connectivity index (χ0n) is 19.2. The van der Waals surface area contributed by atoms with E-state index in [0.29, 0.717) is 30.4 Å². The summed E-state index contributed by atoms with van der Waals surface area (Å²) in [5.74, 6) is 1.49. The van der Waals surface area contributed by atoms with E-state index in [1.165, 1.54) is 0 Å². The monoisotopic (exact) mass is 460 g/mol. The summed E-state index contributed by atoms with van der Waals surface area (Å²) in [4.78, 5) is 31.5. The lowest BCUT2D eigenvalue weighted by atomic mass is 10.1. The number of fused-ring (bicyclic) bond motifs is 3. The average molecular weight is 461 g/mol. The second-order valence-corrected chi connectivity index (χ2v) is 9.04. The van der Waals surface area contributed by atoms with Crippen LogP contribution in [0, 0.1) is 0 Å². The molecule has 1 amide bonds. The summed E-state index contributed by atoms with van der Waals surface area (Å²) in [5.41, 5.74) is 2.91. The van der Waals surface area contributed by atoms with Gasteiger partial charge in [0.2, 0.25) is 5.95 Å². The predicted molar refractivity (Wildman–Crippen MR) is 129 cm³/mol. The largest absolute Gasteiger partial charge is 0.378 e. The zero-order chi connectivity index (χ0) is 23.1. The molecule has 5 heterocycles. The number of pyridine rings is 1. The Hall–Kier alpha value is -3.30. The third-order valence-electron chi connectivity index (χ3n) is 6.81. The molecule has 3 saturated heterocycles. The summed E-state index contributed by atoms with van der Waals surface area (Å²) in [6.07, 6.45) is 2.68. The molecule has 0 aliphatic carbocycles. The van der Waals surface area contributed by atoms with Crippen molar-refractivity contribution in [2.45, 2.75) is 25.0 Å². The molecular weight excluding hydrogens is 432 g/mol. The average Bonchev–Trinajstić information content (AvgIpc) is 3.24. The highest BCUT2D eigenvalue weighted by molar-refractivity contribution is 5.95. The van der Waals surface area contributed by atoms with Crippen LogP contribution in [0.1, 0.15) is 23.2 Å². The fourth-order valence-electron chi connectivity index (χ4n) is 5.04. The molecule has 1 aromatic carbocycles. The Morgan fingerprint density at radius 2 is 1.79 bits per heavy atom. The molecule has 3 aliphatic rings.